The highest BCUT2D eigenvalue weighted by atomic mass is 19.1. The first-order valence-corrected chi connectivity index (χ1v) is 6.83. The van der Waals surface area contributed by atoms with Gasteiger partial charge in [0.15, 0.2) is 0 Å². The highest BCUT2D eigenvalue weighted by molar-refractivity contribution is 5.82. The third kappa shape index (κ3) is 1.93. The predicted octanol–water partition coefficient (Wildman–Crippen LogP) is 3.59. The van der Waals surface area contributed by atoms with E-state index in [0.717, 1.165) is 18.4 Å². The number of hydrogen-bond acceptors (Lipinski definition) is 3. The van der Waals surface area contributed by atoms with Crippen LogP contribution in [0.2, 0.25) is 0 Å². The van der Waals surface area contributed by atoms with Crippen molar-refractivity contribution >= 4 is 11.0 Å². The lowest BCUT2D eigenvalue weighted by Gasteiger charge is -2.09. The molecule has 0 saturated heterocycles. The van der Waals surface area contributed by atoms with Gasteiger partial charge < -0.3 is 14.8 Å². The standard InChI is InChI=1S/C16H13FN2O2/c17-9-1-6-13-14(7-9)19(10-2-3-10)16(18-13)12-5-4-11(20)8-15(12)21/h1,4-8,10,20-21H,2-3H2. The van der Waals surface area contributed by atoms with Crippen LogP contribution in [0.1, 0.15) is 18.9 Å². The van der Waals surface area contributed by atoms with Crippen molar-refractivity contribution in [2.75, 3.05) is 0 Å². The van der Waals surface area contributed by atoms with Crippen molar-refractivity contribution < 1.29 is 14.6 Å². The maximum Gasteiger partial charge on any atom is 0.145 e. The summed E-state index contributed by atoms with van der Waals surface area (Å²) in [4.78, 5) is 4.53. The first-order chi connectivity index (χ1) is 10.1. The van der Waals surface area contributed by atoms with Gasteiger partial charge in [-0.25, -0.2) is 9.37 Å². The number of aromatic nitrogens is 2. The predicted molar refractivity (Wildman–Crippen MR) is 76.7 cm³/mol. The summed E-state index contributed by atoms with van der Waals surface area (Å²) in [6.45, 7) is 0. The van der Waals surface area contributed by atoms with Gasteiger partial charge in [0.2, 0.25) is 0 Å². The molecule has 1 aliphatic carbocycles. The molecule has 0 spiro atoms. The largest absolute Gasteiger partial charge is 0.508 e. The molecule has 4 rings (SSSR count). The van der Waals surface area contributed by atoms with Gasteiger partial charge in [0, 0.05) is 12.1 Å². The van der Waals surface area contributed by atoms with E-state index in [1.807, 2.05) is 4.57 Å². The lowest BCUT2D eigenvalue weighted by molar-refractivity contribution is 0.451. The van der Waals surface area contributed by atoms with Crippen LogP contribution in [0.15, 0.2) is 36.4 Å². The van der Waals surface area contributed by atoms with Crippen LogP contribution < -0.4 is 0 Å². The average Bonchev–Trinajstić information content (AvgIpc) is 3.20. The Morgan fingerprint density at radius 3 is 2.62 bits per heavy atom. The van der Waals surface area contributed by atoms with Gasteiger partial charge in [-0.2, -0.15) is 0 Å². The molecule has 3 aromatic rings. The minimum Gasteiger partial charge on any atom is -0.508 e. The SMILES string of the molecule is Oc1ccc(-c2nc3ccc(F)cc3n2C2CC2)c(O)c1. The van der Waals surface area contributed by atoms with Gasteiger partial charge in [-0.1, -0.05) is 0 Å². The molecular weight excluding hydrogens is 271 g/mol. The van der Waals surface area contributed by atoms with Crippen LogP contribution in [-0.2, 0) is 0 Å². The fourth-order valence-corrected chi connectivity index (χ4v) is 2.67. The van der Waals surface area contributed by atoms with E-state index in [4.69, 9.17) is 0 Å². The van der Waals surface area contributed by atoms with Gasteiger partial charge in [0.25, 0.3) is 0 Å². The Morgan fingerprint density at radius 2 is 1.90 bits per heavy atom. The summed E-state index contributed by atoms with van der Waals surface area (Å²) in [7, 11) is 0. The lowest BCUT2D eigenvalue weighted by Crippen LogP contribution is -1.97. The number of phenols is 2. The number of imidazole rings is 1. The summed E-state index contributed by atoms with van der Waals surface area (Å²) < 4.78 is 15.5. The van der Waals surface area contributed by atoms with E-state index in [1.165, 1.54) is 24.3 Å². The molecule has 0 unspecified atom stereocenters. The quantitative estimate of drug-likeness (QED) is 0.756. The molecular formula is C16H13FN2O2. The molecule has 106 valence electrons. The normalized spacial score (nSPS) is 14.7. The summed E-state index contributed by atoms with van der Waals surface area (Å²) in [5.74, 6) is 0.269. The molecule has 21 heavy (non-hydrogen) atoms. The lowest BCUT2D eigenvalue weighted by atomic mass is 10.2. The first kappa shape index (κ1) is 12.2. The molecule has 0 atom stereocenters. The van der Waals surface area contributed by atoms with Crippen LogP contribution in [0, 0.1) is 5.82 Å². The first-order valence-electron chi connectivity index (χ1n) is 6.83. The molecule has 1 fully saturated rings. The van der Waals surface area contributed by atoms with E-state index in [0.29, 0.717) is 22.9 Å². The number of fused-ring (bicyclic) bond motifs is 1. The van der Waals surface area contributed by atoms with Gasteiger partial charge in [0.1, 0.15) is 23.1 Å². The van der Waals surface area contributed by atoms with Crippen molar-refractivity contribution in [2.45, 2.75) is 18.9 Å². The molecule has 5 heteroatoms. The van der Waals surface area contributed by atoms with Crippen LogP contribution in [0.25, 0.3) is 22.4 Å². The van der Waals surface area contributed by atoms with E-state index >= 15 is 0 Å². The van der Waals surface area contributed by atoms with Crippen molar-refractivity contribution in [3.63, 3.8) is 0 Å². The molecule has 1 saturated carbocycles. The molecule has 0 bridgehead atoms. The fraction of sp³-hybridized carbons (Fsp3) is 0.188. The average molecular weight is 284 g/mol. The highest BCUT2D eigenvalue weighted by Gasteiger charge is 2.29. The zero-order chi connectivity index (χ0) is 14.6. The second-order valence-electron chi connectivity index (χ2n) is 5.37. The van der Waals surface area contributed by atoms with Gasteiger partial charge in [-0.05, 0) is 43.2 Å². The summed E-state index contributed by atoms with van der Waals surface area (Å²) in [6.07, 6.45) is 2.04. The number of aromatic hydroxyl groups is 2. The Balaban J connectivity index is 2.01. The third-order valence-corrected chi connectivity index (χ3v) is 3.79. The van der Waals surface area contributed by atoms with Crippen molar-refractivity contribution in [3.8, 4) is 22.9 Å². The van der Waals surface area contributed by atoms with E-state index in [-0.39, 0.29) is 17.3 Å². The Bertz CT molecular complexity index is 853. The topological polar surface area (TPSA) is 58.3 Å². The van der Waals surface area contributed by atoms with Gasteiger partial charge in [-0.15, -0.1) is 0 Å². The van der Waals surface area contributed by atoms with Gasteiger partial charge in [-0.3, -0.25) is 0 Å². The molecule has 0 amide bonds. The molecule has 1 aliphatic rings. The highest BCUT2D eigenvalue weighted by Crippen LogP contribution is 2.43. The molecule has 0 aliphatic heterocycles. The van der Waals surface area contributed by atoms with Gasteiger partial charge >= 0.3 is 0 Å². The second kappa shape index (κ2) is 4.22. The Labute approximate surface area is 120 Å². The van der Waals surface area contributed by atoms with E-state index in [9.17, 15) is 14.6 Å². The van der Waals surface area contributed by atoms with Crippen LogP contribution >= 0.6 is 0 Å². The Hall–Kier alpha value is -2.56. The van der Waals surface area contributed by atoms with Crippen molar-refractivity contribution in [1.29, 1.82) is 0 Å². The molecule has 1 aromatic heterocycles. The van der Waals surface area contributed by atoms with Crippen LogP contribution in [-0.4, -0.2) is 19.8 Å². The number of hydrogen-bond donors (Lipinski definition) is 2. The summed E-state index contributed by atoms with van der Waals surface area (Å²) in [5, 5.41) is 19.5. The van der Waals surface area contributed by atoms with Crippen LogP contribution in [0.5, 0.6) is 11.5 Å². The monoisotopic (exact) mass is 284 g/mol. The van der Waals surface area contributed by atoms with Crippen molar-refractivity contribution in [3.05, 3.63) is 42.2 Å². The third-order valence-electron chi connectivity index (χ3n) is 3.79. The zero-order valence-corrected chi connectivity index (χ0v) is 11.1. The number of nitrogens with zero attached hydrogens (tertiary/aromatic N) is 2. The minimum absolute atomic E-state index is 0.00335. The van der Waals surface area contributed by atoms with E-state index in [2.05, 4.69) is 4.98 Å². The van der Waals surface area contributed by atoms with Crippen LogP contribution in [0.3, 0.4) is 0 Å². The maximum absolute atomic E-state index is 13.5. The molecule has 2 aromatic carbocycles. The maximum atomic E-state index is 13.5. The van der Waals surface area contributed by atoms with E-state index < -0.39 is 0 Å². The zero-order valence-electron chi connectivity index (χ0n) is 11.1. The summed E-state index contributed by atoms with van der Waals surface area (Å²) in [6, 6.07) is 9.21. The molecule has 2 N–H and O–H groups in total. The number of phenolic OH excluding ortho intramolecular Hbond substituents is 2. The number of rotatable bonds is 2. The van der Waals surface area contributed by atoms with Crippen molar-refractivity contribution in [2.24, 2.45) is 0 Å². The van der Waals surface area contributed by atoms with Gasteiger partial charge in [0.05, 0.1) is 16.6 Å². The van der Waals surface area contributed by atoms with Crippen molar-refractivity contribution in [1.82, 2.24) is 9.55 Å². The Kier molecular flexibility index (Phi) is 2.45. The fourth-order valence-electron chi connectivity index (χ4n) is 2.67. The number of benzene rings is 2. The molecule has 4 nitrogen and oxygen atoms in total. The summed E-state index contributed by atoms with van der Waals surface area (Å²) >= 11 is 0. The smallest absolute Gasteiger partial charge is 0.145 e. The van der Waals surface area contributed by atoms with Crippen LogP contribution in [0.4, 0.5) is 4.39 Å². The second-order valence-corrected chi connectivity index (χ2v) is 5.37. The molecule has 0 radical (unpaired) electrons. The minimum atomic E-state index is -0.300. The summed E-state index contributed by atoms with van der Waals surface area (Å²) in [5.41, 5.74) is 1.97. The van der Waals surface area contributed by atoms with E-state index in [1.54, 1.807) is 12.1 Å². The number of halogens is 1. The Morgan fingerprint density at radius 1 is 1.10 bits per heavy atom. The molecule has 1 heterocycles.